The van der Waals surface area contributed by atoms with Gasteiger partial charge in [-0.05, 0) is 76.6 Å². The number of fused-ring (bicyclic) bond motifs is 5. The van der Waals surface area contributed by atoms with Crippen molar-refractivity contribution < 1.29 is 34.4 Å². The Bertz CT molecular complexity index is 2750. The van der Waals surface area contributed by atoms with Crippen molar-refractivity contribution in [3.05, 3.63) is 239 Å². The van der Waals surface area contributed by atoms with Gasteiger partial charge >= 0.3 is 0 Å². The number of ketones is 3. The average Bonchev–Trinajstić information content (AvgIpc) is 3.62. The molecule has 7 atom stereocenters. The van der Waals surface area contributed by atoms with Crippen LogP contribution < -0.4 is 0 Å². The molecule has 0 bridgehead atoms. The summed E-state index contributed by atoms with van der Waals surface area (Å²) >= 11 is 0. The zero-order valence-electron chi connectivity index (χ0n) is 40.5. The van der Waals surface area contributed by atoms with Crippen LogP contribution in [0.3, 0.4) is 0 Å². The molecule has 4 aliphatic rings. The first kappa shape index (κ1) is 38.0. The molecule has 0 heterocycles. The first-order valence-electron chi connectivity index (χ1n) is 24.5. The predicted octanol–water partition coefficient (Wildman–Crippen LogP) is 10.8. The van der Waals surface area contributed by atoms with Gasteiger partial charge in [0.15, 0.2) is 17.2 Å². The van der Waals surface area contributed by atoms with Gasteiger partial charge in [-0.25, -0.2) is 0 Å². The van der Waals surface area contributed by atoms with Crippen molar-refractivity contribution >= 4 is 17.3 Å². The van der Waals surface area contributed by atoms with Crippen molar-refractivity contribution in [1.82, 2.24) is 0 Å². The Kier molecular flexibility index (Phi) is 9.70. The Morgan fingerprint density at radius 1 is 0.677 bits per heavy atom. The van der Waals surface area contributed by atoms with Crippen LogP contribution in [0.25, 0.3) is 0 Å². The van der Waals surface area contributed by atoms with Crippen LogP contribution in [0.2, 0.25) is 0 Å². The van der Waals surface area contributed by atoms with Gasteiger partial charge in [-0.1, -0.05) is 207 Å². The Morgan fingerprint density at radius 3 is 1.52 bits per heavy atom. The lowest BCUT2D eigenvalue weighted by Crippen LogP contribution is -2.64. The van der Waals surface area contributed by atoms with E-state index in [1.165, 1.54) is 13.0 Å². The third kappa shape index (κ3) is 6.68. The van der Waals surface area contributed by atoms with E-state index >= 15 is 9.59 Å². The van der Waals surface area contributed by atoms with Gasteiger partial charge in [0.1, 0.15) is 23.5 Å². The number of allylic oxidation sites excluding steroid dienone is 4. The lowest BCUT2D eigenvalue weighted by molar-refractivity contribution is -0.197. The van der Waals surface area contributed by atoms with Crippen molar-refractivity contribution in [3.8, 4) is 0 Å². The van der Waals surface area contributed by atoms with E-state index in [9.17, 15) is 15.4 Å². The highest BCUT2D eigenvalue weighted by atomic mass is 16.5. The standard InChI is InChI=1S/C59H54O6/c1-55-36-35-48(60)37-47(55)33-34-49-50-38-53(65-58(44-27-15-6-16-28-44,45-29-17-7-18-30-45)46-31-19-8-20-32-46)59(63,56(50,2)39-51(61)54(49)55)52(62)40-64-57(41-21-9-3-10-22-41,42-23-11-4-12-24-42)43-25-13-5-14-26-43/h3-32,35-37,49-50,53-54,63H,33-34,38-40H2,1-2H3/t49-,50-,53+,54+,55-,56-,59+/m0/s1/i39D2,40D2. The van der Waals surface area contributed by atoms with E-state index in [0.29, 0.717) is 46.2 Å². The van der Waals surface area contributed by atoms with Crippen LogP contribution in [-0.2, 0) is 35.1 Å². The van der Waals surface area contributed by atoms with Crippen LogP contribution >= 0.6 is 0 Å². The Morgan fingerprint density at radius 2 is 1.09 bits per heavy atom. The number of hydrogen-bond acceptors (Lipinski definition) is 6. The van der Waals surface area contributed by atoms with Gasteiger partial charge in [-0.15, -0.1) is 0 Å². The summed E-state index contributed by atoms with van der Waals surface area (Å²) < 4.78 is 55.0. The third-order valence-corrected chi connectivity index (χ3v) is 15.1. The van der Waals surface area contributed by atoms with Gasteiger partial charge in [0, 0.05) is 25.9 Å². The summed E-state index contributed by atoms with van der Waals surface area (Å²) in [6, 6.07) is 55.2. The number of carbonyl (C=O) groups excluding carboxylic acids is 3. The highest BCUT2D eigenvalue weighted by molar-refractivity contribution is 6.02. The maximum absolute atomic E-state index is 16.4. The van der Waals surface area contributed by atoms with Crippen LogP contribution in [0, 0.1) is 28.6 Å². The fourth-order valence-corrected chi connectivity index (χ4v) is 11.9. The summed E-state index contributed by atoms with van der Waals surface area (Å²) in [5, 5.41) is 14.3. The molecule has 6 aromatic carbocycles. The SMILES string of the molecule is [2H]C([2H])(OC(c1ccccc1)(c1ccccc1)c1ccccc1)C(=O)[C@@]1(O)[C@H](OC(c2ccccc2)(c2ccccc2)c2ccccc2)C[C@H]2[C@@H]3CCC4=CC(=O)C=C[C@]4(C)[C@H]3C(=O)C([2H])([2H])[C@@]21C. The van der Waals surface area contributed by atoms with Crippen molar-refractivity contribution in [2.75, 3.05) is 6.56 Å². The minimum atomic E-state index is -3.40. The van der Waals surface area contributed by atoms with Gasteiger partial charge in [0.2, 0.25) is 0 Å². The maximum Gasteiger partial charge on any atom is 0.193 e. The molecule has 0 saturated heterocycles. The summed E-state index contributed by atoms with van der Waals surface area (Å²) in [5.74, 6) is -4.99. The molecule has 6 aromatic rings. The van der Waals surface area contributed by atoms with Gasteiger partial charge in [-0.2, -0.15) is 0 Å². The molecule has 4 aliphatic carbocycles. The molecule has 65 heavy (non-hydrogen) atoms. The molecule has 3 fully saturated rings. The highest BCUT2D eigenvalue weighted by Gasteiger charge is 2.73. The molecule has 3 saturated carbocycles. The first-order chi connectivity index (χ1) is 33.1. The fourth-order valence-electron chi connectivity index (χ4n) is 11.9. The molecule has 326 valence electrons. The van der Waals surface area contributed by atoms with Gasteiger partial charge in [-0.3, -0.25) is 14.4 Å². The van der Waals surface area contributed by atoms with E-state index in [1.807, 2.05) is 116 Å². The molecular formula is C59H54O6. The molecule has 0 radical (unpaired) electrons. The molecule has 1 N–H and O–H groups in total. The summed E-state index contributed by atoms with van der Waals surface area (Å²) in [7, 11) is 0. The van der Waals surface area contributed by atoms with Crippen LogP contribution in [0.15, 0.2) is 206 Å². The summed E-state index contributed by atoms with van der Waals surface area (Å²) in [4.78, 5) is 44.7. The quantitative estimate of drug-likeness (QED) is 0.123. The summed E-state index contributed by atoms with van der Waals surface area (Å²) in [6.45, 7) is -0.101. The molecular weight excluding hydrogens is 805 g/mol. The Hall–Kier alpha value is -6.31. The zero-order chi connectivity index (χ0) is 48.5. The summed E-state index contributed by atoms with van der Waals surface area (Å²) in [5.41, 5.74) is -5.63. The van der Waals surface area contributed by atoms with Crippen molar-refractivity contribution in [2.45, 2.75) is 62.4 Å². The third-order valence-electron chi connectivity index (χ3n) is 15.1. The van der Waals surface area contributed by atoms with E-state index in [2.05, 4.69) is 0 Å². The van der Waals surface area contributed by atoms with Crippen molar-refractivity contribution in [1.29, 1.82) is 0 Å². The van der Waals surface area contributed by atoms with Gasteiger partial charge in [0.05, 0.1) is 8.85 Å². The largest absolute Gasteiger partial charge is 0.379 e. The van der Waals surface area contributed by atoms with Crippen molar-refractivity contribution in [2.24, 2.45) is 28.6 Å². The highest BCUT2D eigenvalue weighted by Crippen LogP contribution is 2.67. The maximum atomic E-state index is 16.4. The summed E-state index contributed by atoms with van der Waals surface area (Å²) in [6.07, 6.45) is 0.746. The average molecular weight is 863 g/mol. The second kappa shape index (κ2) is 16.6. The molecule has 10 rings (SSSR count). The van der Waals surface area contributed by atoms with Gasteiger partial charge in [0.25, 0.3) is 0 Å². The second-order valence-electron chi connectivity index (χ2n) is 18.4. The van der Waals surface area contributed by atoms with E-state index in [0.717, 1.165) is 5.57 Å². The van der Waals surface area contributed by atoms with Crippen molar-refractivity contribution in [3.63, 3.8) is 0 Å². The zero-order valence-corrected chi connectivity index (χ0v) is 36.5. The molecule has 6 heteroatoms. The molecule has 6 nitrogen and oxygen atoms in total. The molecule has 0 aliphatic heterocycles. The van der Waals surface area contributed by atoms with Crippen LogP contribution in [0.4, 0.5) is 0 Å². The predicted molar refractivity (Wildman–Crippen MR) is 252 cm³/mol. The molecule has 0 aromatic heterocycles. The monoisotopic (exact) mass is 862 g/mol. The van der Waals surface area contributed by atoms with Gasteiger partial charge < -0.3 is 14.6 Å². The number of Topliss-reactive ketones (excluding diaryl/α,β-unsaturated/α-hetero) is 2. The normalized spacial score (nSPS) is 29.2. The topological polar surface area (TPSA) is 89.9 Å². The first-order valence-corrected chi connectivity index (χ1v) is 22.5. The Labute approximate surface area is 387 Å². The second-order valence-corrected chi connectivity index (χ2v) is 18.4. The van der Waals surface area contributed by atoms with Crippen LogP contribution in [0.1, 0.15) is 78.3 Å². The van der Waals surface area contributed by atoms with E-state index < -0.39 is 76.0 Å². The van der Waals surface area contributed by atoms with E-state index in [-0.39, 0.29) is 12.2 Å². The fraction of sp³-hybridized carbons (Fsp3) is 0.271. The number of hydrogen-bond donors (Lipinski definition) is 1. The number of aliphatic hydroxyl groups is 1. The molecule has 0 amide bonds. The number of carbonyl (C=O) groups is 3. The Balaban J connectivity index is 1.22. The smallest absolute Gasteiger partial charge is 0.193 e. The minimum Gasteiger partial charge on any atom is -0.379 e. The lowest BCUT2D eigenvalue weighted by atomic mass is 9.46. The lowest BCUT2D eigenvalue weighted by Gasteiger charge is -2.56. The number of benzene rings is 6. The van der Waals surface area contributed by atoms with E-state index in [4.69, 9.17) is 9.47 Å². The molecule has 0 unspecified atom stereocenters. The van der Waals surface area contributed by atoms with E-state index in [1.54, 1.807) is 84.9 Å². The minimum absolute atomic E-state index is 0.129. The number of rotatable bonds is 12. The number of ether oxygens (including phenoxy) is 2. The van der Waals surface area contributed by atoms with Crippen LogP contribution in [0.5, 0.6) is 0 Å². The molecule has 0 spiro atoms. The van der Waals surface area contributed by atoms with Crippen LogP contribution in [-0.4, -0.2) is 40.7 Å².